The fourth-order valence-electron chi connectivity index (χ4n) is 0.925. The molecule has 1 aromatic carbocycles. The Morgan fingerprint density at radius 3 is 2.50 bits per heavy atom. The van der Waals surface area contributed by atoms with Crippen LogP contribution in [0, 0.1) is 6.42 Å². The van der Waals surface area contributed by atoms with Gasteiger partial charge in [0.25, 0.3) is 0 Å². The van der Waals surface area contributed by atoms with Gasteiger partial charge in [0.15, 0.2) is 0 Å². The molecule has 0 aromatic heterocycles. The van der Waals surface area contributed by atoms with E-state index in [1.807, 2.05) is 13.3 Å². The van der Waals surface area contributed by atoms with Gasteiger partial charge in [-0.1, -0.05) is 19.4 Å². The van der Waals surface area contributed by atoms with Gasteiger partial charge in [-0.05, 0) is 6.07 Å². The average Bonchev–Trinajstić information content (AvgIpc) is 1.95. The van der Waals surface area contributed by atoms with E-state index in [2.05, 4.69) is 0 Å². The Labute approximate surface area is 115 Å². The molecule has 12 heavy (non-hydrogen) atoms. The van der Waals surface area contributed by atoms with Gasteiger partial charge < -0.3 is 10.2 Å². The summed E-state index contributed by atoms with van der Waals surface area (Å²) < 4.78 is 0. The second-order valence-corrected chi connectivity index (χ2v) is 2.36. The second-order valence-electron chi connectivity index (χ2n) is 2.36. The van der Waals surface area contributed by atoms with Crippen molar-refractivity contribution in [2.45, 2.75) is 13.3 Å². The van der Waals surface area contributed by atoms with Crippen LogP contribution in [0.15, 0.2) is 18.2 Å². The van der Waals surface area contributed by atoms with E-state index < -0.39 is 0 Å². The molecule has 0 fully saturated rings. The van der Waals surface area contributed by atoms with E-state index in [0.717, 1.165) is 12.0 Å². The molecule has 1 rings (SSSR count). The van der Waals surface area contributed by atoms with Crippen LogP contribution >= 0.6 is 0 Å². The summed E-state index contributed by atoms with van der Waals surface area (Å²) in [5, 5.41) is 18.2. The molecule has 2 nitrogen and oxygen atoms in total. The molecule has 3 heteroatoms. The molecule has 0 radical (unpaired) electrons. The van der Waals surface area contributed by atoms with Crippen molar-refractivity contribution in [2.75, 3.05) is 0 Å². The summed E-state index contributed by atoms with van der Waals surface area (Å²) in [7, 11) is 0. The quantitative estimate of drug-likeness (QED) is 0.467. The summed E-state index contributed by atoms with van der Waals surface area (Å²) in [6.07, 6.45) is 2.77. The average molecular weight is 190 g/mol. The monoisotopic (exact) mass is 190 g/mol. The summed E-state index contributed by atoms with van der Waals surface area (Å²) in [5.41, 5.74) is 0.769. The Kier molecular flexibility index (Phi) is 6.04. The minimum atomic E-state index is 0. The third-order valence-electron chi connectivity index (χ3n) is 1.44. The van der Waals surface area contributed by atoms with Gasteiger partial charge in [-0.3, -0.25) is 0 Å². The molecule has 2 N–H and O–H groups in total. The maximum Gasteiger partial charge on any atom is 1.00 e. The predicted octanol–water partition coefficient (Wildman–Crippen LogP) is -0.936. The van der Waals surface area contributed by atoms with E-state index in [9.17, 15) is 5.11 Å². The zero-order valence-corrected chi connectivity index (χ0v) is 10.5. The van der Waals surface area contributed by atoms with Crippen LogP contribution in [0.5, 0.6) is 11.5 Å². The van der Waals surface area contributed by atoms with Crippen LogP contribution in [0.1, 0.15) is 18.9 Å². The van der Waals surface area contributed by atoms with Gasteiger partial charge in [0, 0.05) is 5.75 Å². The maximum atomic E-state index is 9.23. The van der Waals surface area contributed by atoms with E-state index in [1.165, 1.54) is 6.07 Å². The summed E-state index contributed by atoms with van der Waals surface area (Å²) in [6, 6.07) is 4.58. The third kappa shape index (κ3) is 3.37. The fourth-order valence-corrected chi connectivity index (χ4v) is 0.925. The maximum absolute atomic E-state index is 9.23. The number of rotatable bonds is 2. The van der Waals surface area contributed by atoms with E-state index in [4.69, 9.17) is 5.11 Å². The predicted molar refractivity (Wildman–Crippen MR) is 43.5 cm³/mol. The summed E-state index contributed by atoms with van der Waals surface area (Å²) in [6.45, 7) is 1.99. The Morgan fingerprint density at radius 2 is 2.00 bits per heavy atom. The van der Waals surface area contributed by atoms with E-state index >= 15 is 0 Å². The van der Waals surface area contributed by atoms with Gasteiger partial charge in [-0.15, -0.1) is 0 Å². The van der Waals surface area contributed by atoms with Gasteiger partial charge in [-0.25, -0.2) is 0 Å². The molecule has 0 unspecified atom stereocenters. The fraction of sp³-hybridized carbons (Fsp3) is 0.222. The van der Waals surface area contributed by atoms with Crippen molar-refractivity contribution in [1.82, 2.24) is 0 Å². The smallest absolute Gasteiger partial charge is 0.565 e. The van der Waals surface area contributed by atoms with Gasteiger partial charge in [0.05, 0.1) is 5.75 Å². The van der Waals surface area contributed by atoms with E-state index in [1.54, 1.807) is 12.1 Å². The topological polar surface area (TPSA) is 40.5 Å². The largest absolute Gasteiger partial charge is 1.00 e. The van der Waals surface area contributed by atoms with Crippen molar-refractivity contribution < 1.29 is 61.6 Å². The first kappa shape index (κ1) is 12.3. The number of phenols is 2. The van der Waals surface area contributed by atoms with Gasteiger partial charge in [0.1, 0.15) is 0 Å². The second kappa shape index (κ2) is 5.88. The summed E-state index contributed by atoms with van der Waals surface area (Å²) in [5.74, 6) is 0.225. The van der Waals surface area contributed by atoms with Crippen LogP contribution in [0.3, 0.4) is 0 Å². The van der Waals surface area contributed by atoms with Crippen molar-refractivity contribution >= 4 is 0 Å². The molecule has 0 aliphatic heterocycles. The van der Waals surface area contributed by atoms with E-state index in [0.29, 0.717) is 0 Å². The standard InChI is InChI=1S/C9H11O2.K/c1-2-3-7-4-5-8(10)6-9(7)11;/h3-6,10-11H,2H2,1H3;/q-1;+1. The first-order valence-corrected chi connectivity index (χ1v) is 3.59. The molecule has 0 saturated heterocycles. The van der Waals surface area contributed by atoms with Crippen LogP contribution < -0.4 is 51.4 Å². The van der Waals surface area contributed by atoms with Crippen molar-refractivity contribution in [3.63, 3.8) is 0 Å². The Morgan fingerprint density at radius 1 is 1.33 bits per heavy atom. The number of hydrogen-bond donors (Lipinski definition) is 2. The molecule has 60 valence electrons. The normalized spacial score (nSPS) is 8.75. The molecule has 0 atom stereocenters. The first-order valence-electron chi connectivity index (χ1n) is 3.59. The molecule has 0 saturated carbocycles. The molecule has 0 heterocycles. The van der Waals surface area contributed by atoms with Crippen LogP contribution in [-0.2, 0) is 0 Å². The van der Waals surface area contributed by atoms with Gasteiger partial charge in [-0.2, -0.15) is 18.1 Å². The van der Waals surface area contributed by atoms with Gasteiger partial charge in [0.2, 0.25) is 0 Å². The summed E-state index contributed by atoms with van der Waals surface area (Å²) in [4.78, 5) is 0. The Bertz CT molecular complexity index is 248. The molecule has 0 aliphatic rings. The van der Waals surface area contributed by atoms with Crippen LogP contribution in [-0.4, -0.2) is 10.2 Å². The van der Waals surface area contributed by atoms with Crippen molar-refractivity contribution in [2.24, 2.45) is 0 Å². The summed E-state index contributed by atoms with van der Waals surface area (Å²) >= 11 is 0. The zero-order valence-electron chi connectivity index (χ0n) is 7.41. The molecular formula is C9H11KO2. The molecule has 0 aliphatic carbocycles. The van der Waals surface area contributed by atoms with Crippen molar-refractivity contribution in [3.8, 4) is 11.5 Å². The number of phenolic OH excluding ortho intramolecular Hbond substituents is 2. The molecule has 0 bridgehead atoms. The van der Waals surface area contributed by atoms with Crippen molar-refractivity contribution in [1.29, 1.82) is 0 Å². The number of aromatic hydroxyl groups is 2. The minimum absolute atomic E-state index is 0. The van der Waals surface area contributed by atoms with E-state index in [-0.39, 0.29) is 62.9 Å². The number of benzene rings is 1. The molecular weight excluding hydrogens is 179 g/mol. The molecule has 0 amide bonds. The SMILES string of the molecule is CC[CH-]c1ccc(O)cc1O.[K+]. The molecule has 0 spiro atoms. The first-order chi connectivity index (χ1) is 5.24. The van der Waals surface area contributed by atoms with Crippen LogP contribution in [0.25, 0.3) is 0 Å². The Hall–Kier alpha value is 0.326. The molecule has 1 aromatic rings. The van der Waals surface area contributed by atoms with Gasteiger partial charge >= 0.3 is 51.4 Å². The third-order valence-corrected chi connectivity index (χ3v) is 1.44. The number of hydrogen-bond acceptors (Lipinski definition) is 2. The van der Waals surface area contributed by atoms with Crippen LogP contribution in [0.2, 0.25) is 0 Å². The zero-order chi connectivity index (χ0) is 8.27. The Balaban J connectivity index is 0.00000121. The van der Waals surface area contributed by atoms with Crippen LogP contribution in [0.4, 0.5) is 0 Å². The van der Waals surface area contributed by atoms with Crippen molar-refractivity contribution in [3.05, 3.63) is 30.2 Å². The minimum Gasteiger partial charge on any atom is -0.565 e.